The summed E-state index contributed by atoms with van der Waals surface area (Å²) >= 11 is 0. The molecule has 1 unspecified atom stereocenters. The summed E-state index contributed by atoms with van der Waals surface area (Å²) in [5.41, 5.74) is 7.80. The Bertz CT molecular complexity index is 936. The summed E-state index contributed by atoms with van der Waals surface area (Å²) in [5.74, 6) is 0.743. The molecule has 0 bridgehead atoms. The molecule has 0 spiro atoms. The molecule has 1 saturated carbocycles. The molecule has 6 nitrogen and oxygen atoms in total. The molecule has 0 amide bonds. The molecule has 28 heavy (non-hydrogen) atoms. The standard InChI is InChI=1S/C21H24FN5O/c1-14(15-6-8-17(23)9-7-15)28-20-11-24-13-25-21(20)16-10-26-27(12-16)19-5-3-2-4-18(19)22/h2-5,10-15,17H,6-9,23H2,1H3/t14?,15-,17+. The lowest BCUT2D eigenvalue weighted by atomic mass is 9.83. The van der Waals surface area contributed by atoms with Crippen molar-refractivity contribution in [2.24, 2.45) is 11.7 Å². The highest BCUT2D eigenvalue weighted by Gasteiger charge is 2.26. The molecule has 0 saturated heterocycles. The number of hydrogen-bond acceptors (Lipinski definition) is 5. The van der Waals surface area contributed by atoms with Crippen molar-refractivity contribution in [2.75, 3.05) is 0 Å². The molecule has 4 rings (SSSR count). The van der Waals surface area contributed by atoms with E-state index in [9.17, 15) is 4.39 Å². The number of rotatable bonds is 5. The molecule has 1 fully saturated rings. The van der Waals surface area contributed by atoms with Crippen LogP contribution in [0.5, 0.6) is 5.75 Å². The van der Waals surface area contributed by atoms with Crippen LogP contribution in [-0.4, -0.2) is 31.9 Å². The summed E-state index contributed by atoms with van der Waals surface area (Å²) in [4.78, 5) is 8.50. The zero-order valence-electron chi connectivity index (χ0n) is 15.8. The normalized spacial score (nSPS) is 20.7. The number of nitrogens with zero attached hydrogens (tertiary/aromatic N) is 4. The number of halogens is 1. The lowest BCUT2D eigenvalue weighted by Gasteiger charge is -2.31. The number of para-hydroxylation sites is 1. The predicted octanol–water partition coefficient (Wildman–Crippen LogP) is 3.75. The van der Waals surface area contributed by atoms with Gasteiger partial charge >= 0.3 is 0 Å². The second kappa shape index (κ2) is 8.06. The van der Waals surface area contributed by atoms with E-state index < -0.39 is 0 Å². The Labute approximate surface area is 163 Å². The second-order valence-corrected chi connectivity index (χ2v) is 7.36. The van der Waals surface area contributed by atoms with Gasteiger partial charge in [-0.1, -0.05) is 12.1 Å². The van der Waals surface area contributed by atoms with Gasteiger partial charge in [-0.25, -0.2) is 19.0 Å². The molecule has 2 heterocycles. The zero-order chi connectivity index (χ0) is 19.5. The fraction of sp³-hybridized carbons (Fsp3) is 0.381. The van der Waals surface area contributed by atoms with Crippen molar-refractivity contribution in [3.05, 3.63) is 55.0 Å². The number of ether oxygens (including phenoxy) is 1. The van der Waals surface area contributed by atoms with Gasteiger partial charge in [0.05, 0.1) is 18.5 Å². The molecular weight excluding hydrogens is 357 g/mol. The van der Waals surface area contributed by atoms with Crippen LogP contribution in [0.4, 0.5) is 4.39 Å². The maximum Gasteiger partial charge on any atom is 0.164 e. The smallest absolute Gasteiger partial charge is 0.164 e. The van der Waals surface area contributed by atoms with Gasteiger partial charge in [0.15, 0.2) is 5.75 Å². The van der Waals surface area contributed by atoms with Crippen LogP contribution in [0.2, 0.25) is 0 Å². The van der Waals surface area contributed by atoms with Crippen LogP contribution in [0.25, 0.3) is 16.9 Å². The maximum absolute atomic E-state index is 14.1. The van der Waals surface area contributed by atoms with Gasteiger partial charge in [-0.15, -0.1) is 0 Å². The largest absolute Gasteiger partial charge is 0.487 e. The Morgan fingerprint density at radius 1 is 1.18 bits per heavy atom. The fourth-order valence-corrected chi connectivity index (χ4v) is 3.75. The first-order chi connectivity index (χ1) is 13.6. The lowest BCUT2D eigenvalue weighted by molar-refractivity contribution is 0.119. The van der Waals surface area contributed by atoms with Gasteiger partial charge in [0.25, 0.3) is 0 Å². The molecule has 1 aliphatic rings. The summed E-state index contributed by atoms with van der Waals surface area (Å²) in [7, 11) is 0. The summed E-state index contributed by atoms with van der Waals surface area (Å²) in [6, 6.07) is 6.83. The molecule has 1 aliphatic carbocycles. The highest BCUT2D eigenvalue weighted by atomic mass is 19.1. The first kappa shape index (κ1) is 18.6. The van der Waals surface area contributed by atoms with Crippen molar-refractivity contribution >= 4 is 0 Å². The van der Waals surface area contributed by atoms with Gasteiger partial charge < -0.3 is 10.5 Å². The molecular formula is C21H24FN5O. The van der Waals surface area contributed by atoms with Crippen molar-refractivity contribution < 1.29 is 9.13 Å². The average Bonchev–Trinajstić information content (AvgIpc) is 3.19. The van der Waals surface area contributed by atoms with Gasteiger partial charge in [-0.2, -0.15) is 5.10 Å². The number of nitrogens with two attached hydrogens (primary N) is 1. The van der Waals surface area contributed by atoms with E-state index in [-0.39, 0.29) is 11.9 Å². The fourth-order valence-electron chi connectivity index (χ4n) is 3.75. The monoisotopic (exact) mass is 381 g/mol. The minimum atomic E-state index is -0.333. The van der Waals surface area contributed by atoms with E-state index in [1.54, 1.807) is 36.8 Å². The molecule has 2 aromatic heterocycles. The summed E-state index contributed by atoms with van der Waals surface area (Å²) in [6.07, 6.45) is 10.8. The minimum absolute atomic E-state index is 0.0406. The van der Waals surface area contributed by atoms with E-state index in [4.69, 9.17) is 10.5 Å². The van der Waals surface area contributed by atoms with Crippen LogP contribution < -0.4 is 10.5 Å². The number of benzene rings is 1. The highest BCUT2D eigenvalue weighted by molar-refractivity contribution is 5.64. The third kappa shape index (κ3) is 3.89. The van der Waals surface area contributed by atoms with E-state index in [0.717, 1.165) is 31.2 Å². The summed E-state index contributed by atoms with van der Waals surface area (Å²) in [6.45, 7) is 2.08. The van der Waals surface area contributed by atoms with E-state index in [1.807, 2.05) is 0 Å². The minimum Gasteiger partial charge on any atom is -0.487 e. The Morgan fingerprint density at radius 3 is 2.75 bits per heavy atom. The quantitative estimate of drug-likeness (QED) is 0.728. The van der Waals surface area contributed by atoms with Crippen LogP contribution in [0.3, 0.4) is 0 Å². The third-order valence-electron chi connectivity index (χ3n) is 5.43. The SMILES string of the molecule is CC(Oc1cncnc1-c1cnn(-c2ccccc2F)c1)[C@H]1CC[C@@H](N)CC1. The van der Waals surface area contributed by atoms with E-state index in [1.165, 1.54) is 17.1 Å². The Kier molecular flexibility index (Phi) is 5.34. The van der Waals surface area contributed by atoms with E-state index in [0.29, 0.717) is 29.1 Å². The van der Waals surface area contributed by atoms with Crippen molar-refractivity contribution in [1.29, 1.82) is 0 Å². The first-order valence-electron chi connectivity index (χ1n) is 9.64. The molecule has 3 aromatic rings. The van der Waals surface area contributed by atoms with Crippen LogP contribution in [0.1, 0.15) is 32.6 Å². The molecule has 1 atom stereocenters. The summed E-state index contributed by atoms with van der Waals surface area (Å²) in [5, 5.41) is 4.29. The van der Waals surface area contributed by atoms with Crippen molar-refractivity contribution in [2.45, 2.75) is 44.8 Å². The van der Waals surface area contributed by atoms with Crippen LogP contribution in [0.15, 0.2) is 49.2 Å². The number of hydrogen-bond donors (Lipinski definition) is 1. The first-order valence-corrected chi connectivity index (χ1v) is 9.64. The molecule has 0 radical (unpaired) electrons. The van der Waals surface area contributed by atoms with Gasteiger partial charge in [0.2, 0.25) is 0 Å². The average molecular weight is 381 g/mol. The lowest BCUT2D eigenvalue weighted by Crippen LogP contribution is -2.33. The van der Waals surface area contributed by atoms with Crippen molar-refractivity contribution in [3.63, 3.8) is 0 Å². The van der Waals surface area contributed by atoms with Crippen LogP contribution in [-0.2, 0) is 0 Å². The third-order valence-corrected chi connectivity index (χ3v) is 5.43. The van der Waals surface area contributed by atoms with Crippen LogP contribution >= 0.6 is 0 Å². The Morgan fingerprint density at radius 2 is 1.96 bits per heavy atom. The molecule has 7 heteroatoms. The number of aromatic nitrogens is 4. The van der Waals surface area contributed by atoms with Gasteiger partial charge in [0.1, 0.15) is 23.5 Å². The molecule has 0 aliphatic heterocycles. The predicted molar refractivity (Wildman–Crippen MR) is 105 cm³/mol. The van der Waals surface area contributed by atoms with E-state index in [2.05, 4.69) is 22.0 Å². The Hall–Kier alpha value is -2.80. The van der Waals surface area contributed by atoms with Crippen LogP contribution in [0, 0.1) is 11.7 Å². The van der Waals surface area contributed by atoms with Gasteiger partial charge in [-0.3, -0.25) is 0 Å². The topological polar surface area (TPSA) is 78.9 Å². The van der Waals surface area contributed by atoms with Gasteiger partial charge in [-0.05, 0) is 50.7 Å². The van der Waals surface area contributed by atoms with E-state index >= 15 is 0 Å². The second-order valence-electron chi connectivity index (χ2n) is 7.36. The Balaban J connectivity index is 1.56. The van der Waals surface area contributed by atoms with Crippen molar-refractivity contribution in [1.82, 2.24) is 19.7 Å². The van der Waals surface area contributed by atoms with Crippen molar-refractivity contribution in [3.8, 4) is 22.7 Å². The molecule has 2 N–H and O–H groups in total. The van der Waals surface area contributed by atoms with Gasteiger partial charge in [0, 0.05) is 17.8 Å². The maximum atomic E-state index is 14.1. The summed E-state index contributed by atoms with van der Waals surface area (Å²) < 4.78 is 21.8. The zero-order valence-corrected chi connectivity index (χ0v) is 15.8. The highest BCUT2D eigenvalue weighted by Crippen LogP contribution is 2.32. The molecule has 146 valence electrons. The molecule has 1 aromatic carbocycles.